The third-order valence-electron chi connectivity index (χ3n) is 8.74. The predicted molar refractivity (Wildman–Crippen MR) is 147 cm³/mol. The van der Waals surface area contributed by atoms with E-state index in [0.717, 1.165) is 0 Å². The van der Waals surface area contributed by atoms with Crippen molar-refractivity contribution < 1.29 is 93.8 Å². The number of hydrogen-bond acceptors (Lipinski definition) is 19. The Balaban J connectivity index is 1.71. The van der Waals surface area contributed by atoms with Crippen LogP contribution in [0.2, 0.25) is 0 Å². The summed E-state index contributed by atoms with van der Waals surface area (Å²) in [6, 6.07) is -1.30. The van der Waals surface area contributed by atoms with E-state index in [1.807, 2.05) is 0 Å². The smallest absolute Gasteiger partial charge is 0.217 e. The van der Waals surface area contributed by atoms with Gasteiger partial charge in [0.1, 0.15) is 85.4 Å². The van der Waals surface area contributed by atoms with Crippen LogP contribution < -0.4 is 5.32 Å². The number of amides is 1. The Morgan fingerprint density at radius 1 is 0.574 bits per heavy atom. The molecule has 20 atom stereocenters. The number of carbonyl (C=O) groups is 1. The minimum atomic E-state index is -1.90. The molecule has 4 fully saturated rings. The molecular weight excluding hydrogens is 642 g/mol. The van der Waals surface area contributed by atoms with Gasteiger partial charge in [-0.2, -0.15) is 0 Å². The van der Waals surface area contributed by atoms with Crippen LogP contribution in [-0.2, 0) is 42.7 Å². The fraction of sp³-hybridized carbons (Fsp3) is 0.963. The number of methoxy groups -OCH3 is 1. The third kappa shape index (κ3) is 8.06. The quantitative estimate of drug-likeness (QED) is 0.102. The molecule has 47 heavy (non-hydrogen) atoms. The van der Waals surface area contributed by atoms with Crippen molar-refractivity contribution in [2.75, 3.05) is 20.3 Å². The summed E-state index contributed by atoms with van der Waals surface area (Å²) < 4.78 is 46.0. The van der Waals surface area contributed by atoms with Gasteiger partial charge >= 0.3 is 0 Å². The third-order valence-corrected chi connectivity index (χ3v) is 8.74. The predicted octanol–water partition coefficient (Wildman–Crippen LogP) is -6.90. The molecule has 0 radical (unpaired) electrons. The summed E-state index contributed by atoms with van der Waals surface area (Å²) in [4.78, 5) is 12.3. The molecule has 4 rings (SSSR count). The second kappa shape index (κ2) is 16.2. The van der Waals surface area contributed by atoms with E-state index in [1.54, 1.807) is 0 Å². The van der Waals surface area contributed by atoms with Crippen molar-refractivity contribution in [2.24, 2.45) is 0 Å². The zero-order valence-electron chi connectivity index (χ0n) is 26.1. The van der Waals surface area contributed by atoms with E-state index in [-0.39, 0.29) is 0 Å². The summed E-state index contributed by atoms with van der Waals surface area (Å²) in [5.74, 6) is -0.613. The lowest BCUT2D eigenvalue weighted by Gasteiger charge is -2.51. The molecule has 0 bridgehead atoms. The number of rotatable bonds is 10. The Labute approximate surface area is 269 Å². The Morgan fingerprint density at radius 2 is 1.04 bits per heavy atom. The molecule has 1 amide bonds. The van der Waals surface area contributed by atoms with Crippen LogP contribution in [0.5, 0.6) is 0 Å². The maximum atomic E-state index is 12.3. The molecule has 20 nitrogen and oxygen atoms in total. The molecule has 4 aliphatic rings. The van der Waals surface area contributed by atoms with Gasteiger partial charge in [0.25, 0.3) is 0 Å². The summed E-state index contributed by atoms with van der Waals surface area (Å²) in [6.07, 6.45) is -29.9. The van der Waals surface area contributed by atoms with E-state index >= 15 is 0 Å². The molecule has 0 aromatic heterocycles. The van der Waals surface area contributed by atoms with Crippen LogP contribution in [0, 0.1) is 0 Å². The van der Waals surface area contributed by atoms with Gasteiger partial charge in [-0.15, -0.1) is 0 Å². The van der Waals surface area contributed by atoms with Crippen molar-refractivity contribution in [1.82, 2.24) is 5.32 Å². The van der Waals surface area contributed by atoms with E-state index in [9.17, 15) is 55.9 Å². The second-order valence-corrected chi connectivity index (χ2v) is 12.1. The lowest BCUT2D eigenvalue weighted by molar-refractivity contribution is -0.391. The maximum absolute atomic E-state index is 12.3. The van der Waals surface area contributed by atoms with Gasteiger partial charge in [-0.25, -0.2) is 0 Å². The Bertz CT molecular complexity index is 1010. The lowest BCUT2D eigenvalue weighted by atomic mass is 9.94. The van der Waals surface area contributed by atoms with Crippen LogP contribution in [0.15, 0.2) is 0 Å². The molecule has 20 heteroatoms. The first kappa shape index (κ1) is 38.6. The van der Waals surface area contributed by atoms with Gasteiger partial charge in [0.2, 0.25) is 5.91 Å². The normalized spacial score (nSPS) is 51.0. The summed E-state index contributed by atoms with van der Waals surface area (Å²) >= 11 is 0. The molecule has 4 heterocycles. The van der Waals surface area contributed by atoms with Gasteiger partial charge in [0.05, 0.1) is 25.4 Å². The molecule has 4 saturated heterocycles. The standard InChI is InChI=1S/C27H47NO19/c1-7-13(32)16(35)19(38)25(41-7)45-21-11(6-30)44-24(40-4)12(28-9(3)31)22(21)46-27-23(18(37)15(34)10(5-29)43-27)47-26-20(39)17(36)14(33)8(2)42-26/h7-8,10-27,29-30,32-39H,5-6H2,1-4H3,(H,28,31). The summed E-state index contributed by atoms with van der Waals surface area (Å²) in [5, 5.41) is 107. The van der Waals surface area contributed by atoms with Gasteiger partial charge in [0, 0.05) is 14.0 Å². The van der Waals surface area contributed by atoms with Crippen LogP contribution in [0.4, 0.5) is 0 Å². The number of hydrogen-bond donors (Lipinski definition) is 11. The molecule has 20 unspecified atom stereocenters. The number of aliphatic hydroxyl groups is 10. The first-order valence-corrected chi connectivity index (χ1v) is 15.2. The average Bonchev–Trinajstić information content (AvgIpc) is 3.04. The summed E-state index contributed by atoms with van der Waals surface area (Å²) in [5.41, 5.74) is 0. The Kier molecular flexibility index (Phi) is 13.3. The monoisotopic (exact) mass is 689 g/mol. The van der Waals surface area contributed by atoms with Crippen molar-refractivity contribution in [2.45, 2.75) is 144 Å². The van der Waals surface area contributed by atoms with Crippen molar-refractivity contribution in [1.29, 1.82) is 0 Å². The molecule has 4 aliphatic heterocycles. The van der Waals surface area contributed by atoms with Crippen molar-refractivity contribution in [3.05, 3.63) is 0 Å². The molecule has 0 spiro atoms. The van der Waals surface area contributed by atoms with Crippen LogP contribution in [0.3, 0.4) is 0 Å². The highest BCUT2D eigenvalue weighted by atomic mass is 16.8. The van der Waals surface area contributed by atoms with E-state index in [1.165, 1.54) is 27.9 Å². The van der Waals surface area contributed by atoms with Crippen molar-refractivity contribution in [3.8, 4) is 0 Å². The van der Waals surface area contributed by atoms with Gasteiger partial charge in [0.15, 0.2) is 25.2 Å². The first-order valence-electron chi connectivity index (χ1n) is 15.2. The van der Waals surface area contributed by atoms with Crippen LogP contribution >= 0.6 is 0 Å². The zero-order chi connectivity index (χ0) is 34.9. The minimum absolute atomic E-state index is 0.613. The lowest BCUT2D eigenvalue weighted by Crippen LogP contribution is -2.70. The Hall–Kier alpha value is -1.25. The average molecular weight is 690 g/mol. The molecule has 0 saturated carbocycles. The first-order chi connectivity index (χ1) is 22.1. The Morgan fingerprint density at radius 3 is 1.51 bits per heavy atom. The van der Waals surface area contributed by atoms with Gasteiger partial charge in [-0.3, -0.25) is 4.79 Å². The second-order valence-electron chi connectivity index (χ2n) is 12.1. The minimum Gasteiger partial charge on any atom is -0.394 e. The van der Waals surface area contributed by atoms with Gasteiger partial charge in [-0.05, 0) is 13.8 Å². The van der Waals surface area contributed by atoms with E-state index < -0.39 is 142 Å². The number of ether oxygens (including phenoxy) is 8. The van der Waals surface area contributed by atoms with Crippen molar-refractivity contribution >= 4 is 5.91 Å². The maximum Gasteiger partial charge on any atom is 0.217 e. The molecule has 11 N–H and O–H groups in total. The van der Waals surface area contributed by atoms with Gasteiger partial charge in [-0.1, -0.05) is 0 Å². The van der Waals surface area contributed by atoms with Gasteiger partial charge < -0.3 is 94.3 Å². The highest BCUT2D eigenvalue weighted by Gasteiger charge is 2.56. The van der Waals surface area contributed by atoms with Crippen LogP contribution in [-0.4, -0.2) is 200 Å². The number of aliphatic hydroxyl groups excluding tert-OH is 10. The van der Waals surface area contributed by atoms with Crippen LogP contribution in [0.1, 0.15) is 20.8 Å². The SMILES string of the molecule is COC1OC(CO)C(OC2OC(C)C(O)C(O)C2O)C(OC2OC(CO)C(O)C(O)C2OC2OC(C)C(O)C(O)C2O)C1NC(C)=O. The van der Waals surface area contributed by atoms with Crippen molar-refractivity contribution in [3.63, 3.8) is 0 Å². The number of carbonyl (C=O) groups excluding carboxylic acids is 1. The topological polar surface area (TPSA) is 305 Å². The highest BCUT2D eigenvalue weighted by Crippen LogP contribution is 2.35. The number of nitrogens with one attached hydrogen (secondary N) is 1. The van der Waals surface area contributed by atoms with Crippen LogP contribution in [0.25, 0.3) is 0 Å². The summed E-state index contributed by atoms with van der Waals surface area (Å²) in [6.45, 7) is 2.38. The van der Waals surface area contributed by atoms with E-state index in [4.69, 9.17) is 37.9 Å². The summed E-state index contributed by atoms with van der Waals surface area (Å²) in [7, 11) is 1.23. The molecule has 274 valence electrons. The molecule has 0 aliphatic carbocycles. The van der Waals surface area contributed by atoms with E-state index in [2.05, 4.69) is 5.32 Å². The fourth-order valence-electron chi connectivity index (χ4n) is 5.99. The fourth-order valence-corrected chi connectivity index (χ4v) is 5.99. The zero-order valence-corrected chi connectivity index (χ0v) is 26.1. The molecular formula is C27H47NO19. The highest BCUT2D eigenvalue weighted by molar-refractivity contribution is 5.73. The molecule has 0 aromatic rings. The largest absolute Gasteiger partial charge is 0.394 e. The van der Waals surface area contributed by atoms with E-state index in [0.29, 0.717) is 0 Å². The molecule has 0 aromatic carbocycles.